The molecule has 1 fully saturated rings. The number of aromatic nitrogens is 3. The van der Waals surface area contributed by atoms with Crippen molar-refractivity contribution in [3.8, 4) is 5.69 Å². The van der Waals surface area contributed by atoms with E-state index in [-0.39, 0.29) is 5.78 Å². The van der Waals surface area contributed by atoms with E-state index >= 15 is 0 Å². The molecule has 1 aliphatic rings. The first-order valence-electron chi connectivity index (χ1n) is 10.1. The molecule has 0 aliphatic carbocycles. The maximum absolute atomic E-state index is 12.7. The van der Waals surface area contributed by atoms with Crippen LogP contribution in [0.4, 0.5) is 0 Å². The molecule has 1 saturated heterocycles. The fraction of sp³-hybridized carbons (Fsp3) is 0.348. The summed E-state index contributed by atoms with van der Waals surface area (Å²) in [5.74, 6) is 1.39. The summed E-state index contributed by atoms with van der Waals surface area (Å²) in [6.45, 7) is 7.09. The summed E-state index contributed by atoms with van der Waals surface area (Å²) in [6, 6.07) is 16.0. The second-order valence-corrected chi connectivity index (χ2v) is 8.51. The van der Waals surface area contributed by atoms with E-state index in [9.17, 15) is 4.79 Å². The van der Waals surface area contributed by atoms with Gasteiger partial charge < -0.3 is 0 Å². The number of hydrogen-bond acceptors (Lipinski definition) is 5. The van der Waals surface area contributed by atoms with Crippen LogP contribution in [0.5, 0.6) is 0 Å². The van der Waals surface area contributed by atoms with Gasteiger partial charge in [0.15, 0.2) is 16.8 Å². The summed E-state index contributed by atoms with van der Waals surface area (Å²) >= 11 is 1.45. The van der Waals surface area contributed by atoms with Crippen molar-refractivity contribution in [2.24, 2.45) is 0 Å². The zero-order valence-electron chi connectivity index (χ0n) is 17.0. The van der Waals surface area contributed by atoms with Gasteiger partial charge in [-0.05, 0) is 69.1 Å². The lowest BCUT2D eigenvalue weighted by molar-refractivity contribution is 0.102. The first-order chi connectivity index (χ1) is 14.1. The Kier molecular flexibility index (Phi) is 6.11. The lowest BCUT2D eigenvalue weighted by Crippen LogP contribution is -2.21. The Balaban J connectivity index is 1.55. The number of rotatable bonds is 7. The fourth-order valence-electron chi connectivity index (χ4n) is 3.60. The largest absolute Gasteiger partial charge is 0.296 e. The molecule has 150 valence electrons. The maximum atomic E-state index is 12.7. The molecule has 0 amide bonds. The highest BCUT2D eigenvalue weighted by Crippen LogP contribution is 2.25. The molecule has 1 aromatic heterocycles. The molecule has 4 rings (SSSR count). The number of likely N-dealkylation sites (tertiary alicyclic amines) is 1. The molecule has 6 heteroatoms. The molecule has 0 N–H and O–H groups in total. The monoisotopic (exact) mass is 406 g/mol. The van der Waals surface area contributed by atoms with Crippen LogP contribution in [0.1, 0.15) is 40.2 Å². The predicted molar refractivity (Wildman–Crippen MR) is 117 cm³/mol. The summed E-state index contributed by atoms with van der Waals surface area (Å²) in [5, 5.41) is 9.67. The van der Waals surface area contributed by atoms with Crippen LogP contribution in [-0.2, 0) is 6.54 Å². The van der Waals surface area contributed by atoms with E-state index in [1.165, 1.54) is 30.2 Å². The molecule has 5 nitrogen and oxygen atoms in total. The van der Waals surface area contributed by atoms with Crippen molar-refractivity contribution in [3.63, 3.8) is 0 Å². The number of aryl methyl sites for hydroxylation is 2. The average molecular weight is 407 g/mol. The smallest absolute Gasteiger partial charge is 0.196 e. The van der Waals surface area contributed by atoms with Crippen molar-refractivity contribution in [2.45, 2.75) is 38.4 Å². The Morgan fingerprint density at radius 2 is 1.76 bits per heavy atom. The number of para-hydroxylation sites is 1. The lowest BCUT2D eigenvalue weighted by Gasteiger charge is -2.15. The quantitative estimate of drug-likeness (QED) is 0.428. The number of carbonyl (C=O) groups excluding carboxylic acids is 1. The molecule has 3 aromatic rings. The first-order valence-corrected chi connectivity index (χ1v) is 11.1. The summed E-state index contributed by atoms with van der Waals surface area (Å²) < 4.78 is 2.09. The first kappa shape index (κ1) is 19.9. The molecule has 29 heavy (non-hydrogen) atoms. The van der Waals surface area contributed by atoms with Gasteiger partial charge in [-0.15, -0.1) is 10.2 Å². The lowest BCUT2D eigenvalue weighted by atomic mass is 10.0. The van der Waals surface area contributed by atoms with Gasteiger partial charge >= 0.3 is 0 Å². The number of carbonyl (C=O) groups is 1. The van der Waals surface area contributed by atoms with Gasteiger partial charge in [0.2, 0.25) is 0 Å². The summed E-state index contributed by atoms with van der Waals surface area (Å²) in [7, 11) is 0. The standard InChI is InChI=1S/C23H26N4OS/c1-17-10-11-19(14-18(17)2)21(28)16-29-23-25-24-22(15-26-12-6-7-13-26)27(23)20-8-4-3-5-9-20/h3-5,8-11,14H,6-7,12-13,15-16H2,1-2H3. The number of thioether (sulfide) groups is 1. The normalized spacial score (nSPS) is 14.4. The molecule has 1 aliphatic heterocycles. The van der Waals surface area contributed by atoms with E-state index in [0.29, 0.717) is 5.75 Å². The molecule has 2 heterocycles. The van der Waals surface area contributed by atoms with E-state index < -0.39 is 0 Å². The Labute approximate surface area is 176 Å². The van der Waals surface area contributed by atoms with Crippen molar-refractivity contribution in [2.75, 3.05) is 18.8 Å². The van der Waals surface area contributed by atoms with Gasteiger partial charge in [-0.3, -0.25) is 14.3 Å². The van der Waals surface area contributed by atoms with Crippen molar-refractivity contribution in [1.29, 1.82) is 0 Å². The predicted octanol–water partition coefficient (Wildman–Crippen LogP) is 4.45. The Bertz CT molecular complexity index is 993. The second-order valence-electron chi connectivity index (χ2n) is 7.56. The fourth-order valence-corrected chi connectivity index (χ4v) is 4.47. The van der Waals surface area contributed by atoms with E-state index in [2.05, 4.69) is 38.7 Å². The summed E-state index contributed by atoms with van der Waals surface area (Å²) in [5.41, 5.74) is 4.13. The Morgan fingerprint density at radius 1 is 1.00 bits per heavy atom. The van der Waals surface area contributed by atoms with Crippen molar-refractivity contribution in [3.05, 3.63) is 71.0 Å². The van der Waals surface area contributed by atoms with E-state index in [0.717, 1.165) is 47.4 Å². The van der Waals surface area contributed by atoms with Crippen LogP contribution in [0.3, 0.4) is 0 Å². The molecule has 0 bridgehead atoms. The molecule has 0 unspecified atom stereocenters. The minimum atomic E-state index is 0.113. The second kappa shape index (κ2) is 8.93. The van der Waals surface area contributed by atoms with Crippen molar-refractivity contribution < 1.29 is 4.79 Å². The zero-order chi connectivity index (χ0) is 20.2. The van der Waals surface area contributed by atoms with Gasteiger partial charge in [-0.1, -0.05) is 42.1 Å². The third-order valence-corrected chi connectivity index (χ3v) is 6.37. The minimum absolute atomic E-state index is 0.113. The van der Waals surface area contributed by atoms with Gasteiger partial charge in [-0.25, -0.2) is 0 Å². The van der Waals surface area contributed by atoms with Crippen LogP contribution in [0.2, 0.25) is 0 Å². The zero-order valence-corrected chi connectivity index (χ0v) is 17.8. The molecule has 2 aromatic carbocycles. The maximum Gasteiger partial charge on any atom is 0.196 e. The number of hydrogen-bond donors (Lipinski definition) is 0. The van der Waals surface area contributed by atoms with Crippen LogP contribution >= 0.6 is 11.8 Å². The minimum Gasteiger partial charge on any atom is -0.296 e. The van der Waals surface area contributed by atoms with Crippen molar-refractivity contribution >= 4 is 17.5 Å². The highest BCUT2D eigenvalue weighted by Gasteiger charge is 2.20. The molecular formula is C23H26N4OS. The number of nitrogens with zero attached hydrogens (tertiary/aromatic N) is 4. The van der Waals surface area contributed by atoms with Crippen LogP contribution in [-0.4, -0.2) is 44.3 Å². The van der Waals surface area contributed by atoms with E-state index in [1.54, 1.807) is 0 Å². The van der Waals surface area contributed by atoms with Gasteiger partial charge in [0.1, 0.15) is 0 Å². The van der Waals surface area contributed by atoms with Crippen LogP contribution in [0.25, 0.3) is 5.69 Å². The highest BCUT2D eigenvalue weighted by molar-refractivity contribution is 7.99. The number of Topliss-reactive ketones (excluding diaryl/α,β-unsaturated/α-hetero) is 1. The van der Waals surface area contributed by atoms with E-state index in [1.807, 2.05) is 43.3 Å². The Morgan fingerprint density at radius 3 is 2.48 bits per heavy atom. The summed E-state index contributed by atoms with van der Waals surface area (Å²) in [6.07, 6.45) is 2.48. The highest BCUT2D eigenvalue weighted by atomic mass is 32.2. The van der Waals surface area contributed by atoms with Gasteiger partial charge in [0.05, 0.1) is 12.3 Å². The Hall–Kier alpha value is -2.44. The third kappa shape index (κ3) is 4.60. The molecule has 0 spiro atoms. The SMILES string of the molecule is Cc1ccc(C(=O)CSc2nnc(CN3CCCC3)n2-c2ccccc2)cc1C. The molecular weight excluding hydrogens is 380 g/mol. The van der Waals surface area contributed by atoms with Crippen LogP contribution in [0.15, 0.2) is 53.7 Å². The van der Waals surface area contributed by atoms with Crippen LogP contribution in [0, 0.1) is 13.8 Å². The number of benzene rings is 2. The van der Waals surface area contributed by atoms with Gasteiger partial charge in [0, 0.05) is 11.3 Å². The number of ketones is 1. The van der Waals surface area contributed by atoms with Gasteiger partial charge in [0.25, 0.3) is 0 Å². The van der Waals surface area contributed by atoms with Crippen molar-refractivity contribution in [1.82, 2.24) is 19.7 Å². The average Bonchev–Trinajstić information content (AvgIpc) is 3.39. The molecule has 0 radical (unpaired) electrons. The van der Waals surface area contributed by atoms with Gasteiger partial charge in [-0.2, -0.15) is 0 Å². The summed E-state index contributed by atoms with van der Waals surface area (Å²) in [4.78, 5) is 15.1. The van der Waals surface area contributed by atoms with E-state index in [4.69, 9.17) is 0 Å². The topological polar surface area (TPSA) is 51.0 Å². The third-order valence-electron chi connectivity index (χ3n) is 5.44. The van der Waals surface area contributed by atoms with Crippen LogP contribution < -0.4 is 0 Å². The molecule has 0 atom stereocenters. The molecule has 0 saturated carbocycles.